The second kappa shape index (κ2) is 7.93. The van der Waals surface area contributed by atoms with Crippen LogP contribution in [0.4, 0.5) is 4.79 Å². The monoisotopic (exact) mass is 314 g/mol. The van der Waals surface area contributed by atoms with E-state index in [1.54, 1.807) is 18.5 Å². The number of carbonyl (C=O) groups excluding carboxylic acids is 1. The minimum Gasteiger partial charge on any atom is -0.481 e. The number of carboxylic acids is 1. The molecule has 6 heteroatoms. The standard InChI is InChI=1S/C17H18N2O4/c1-12-10-18-8-7-14(12)15(9-16(20)21)19-17(22)23-11-13-5-3-2-4-6-13/h2-8,10,15H,9,11H2,1H3,(H,19,22)(H,20,21)/t15-/m0/s1. The molecule has 2 aromatic rings. The Hall–Kier alpha value is -2.89. The Bertz CT molecular complexity index is 673. The molecule has 0 aliphatic heterocycles. The van der Waals surface area contributed by atoms with E-state index in [9.17, 15) is 9.59 Å². The smallest absolute Gasteiger partial charge is 0.407 e. The van der Waals surface area contributed by atoms with Crippen molar-refractivity contribution in [2.75, 3.05) is 0 Å². The summed E-state index contributed by atoms with van der Waals surface area (Å²) in [4.78, 5) is 27.0. The number of hydrogen-bond acceptors (Lipinski definition) is 4. The minimum atomic E-state index is -1.01. The van der Waals surface area contributed by atoms with Gasteiger partial charge in [-0.05, 0) is 29.7 Å². The van der Waals surface area contributed by atoms with Gasteiger partial charge in [-0.25, -0.2) is 4.79 Å². The third kappa shape index (κ3) is 5.10. The summed E-state index contributed by atoms with van der Waals surface area (Å²) >= 11 is 0. The van der Waals surface area contributed by atoms with E-state index >= 15 is 0 Å². The highest BCUT2D eigenvalue weighted by atomic mass is 16.5. The fourth-order valence-electron chi connectivity index (χ4n) is 2.20. The van der Waals surface area contributed by atoms with Gasteiger partial charge in [-0.3, -0.25) is 9.78 Å². The first-order chi connectivity index (χ1) is 11.1. The Morgan fingerprint density at radius 2 is 2.00 bits per heavy atom. The SMILES string of the molecule is Cc1cnccc1[C@H](CC(=O)O)NC(=O)OCc1ccccc1. The van der Waals surface area contributed by atoms with Crippen molar-refractivity contribution in [1.29, 1.82) is 0 Å². The summed E-state index contributed by atoms with van der Waals surface area (Å²) in [6.07, 6.45) is 2.30. The average molecular weight is 314 g/mol. The summed E-state index contributed by atoms with van der Waals surface area (Å²) in [7, 11) is 0. The van der Waals surface area contributed by atoms with Crippen molar-refractivity contribution in [3.8, 4) is 0 Å². The minimum absolute atomic E-state index is 0.127. The number of aromatic nitrogens is 1. The van der Waals surface area contributed by atoms with Crippen molar-refractivity contribution in [2.24, 2.45) is 0 Å². The van der Waals surface area contributed by atoms with Gasteiger partial charge in [-0.1, -0.05) is 30.3 Å². The molecule has 1 amide bonds. The summed E-state index contributed by atoms with van der Waals surface area (Å²) < 4.78 is 5.14. The number of amides is 1. The lowest BCUT2D eigenvalue weighted by molar-refractivity contribution is -0.137. The Labute approximate surface area is 134 Å². The summed E-state index contributed by atoms with van der Waals surface area (Å²) in [5.41, 5.74) is 2.37. The first kappa shape index (κ1) is 16.5. The highest BCUT2D eigenvalue weighted by Gasteiger charge is 2.20. The quantitative estimate of drug-likeness (QED) is 0.856. The molecule has 6 nitrogen and oxygen atoms in total. The van der Waals surface area contributed by atoms with Crippen LogP contribution in [-0.4, -0.2) is 22.2 Å². The number of rotatable bonds is 6. The van der Waals surface area contributed by atoms with Crippen LogP contribution >= 0.6 is 0 Å². The van der Waals surface area contributed by atoms with Gasteiger partial charge < -0.3 is 15.2 Å². The predicted molar refractivity (Wildman–Crippen MR) is 83.7 cm³/mol. The number of nitrogens with zero attached hydrogens (tertiary/aromatic N) is 1. The Morgan fingerprint density at radius 1 is 1.26 bits per heavy atom. The van der Waals surface area contributed by atoms with Crippen molar-refractivity contribution >= 4 is 12.1 Å². The normalized spacial score (nSPS) is 11.5. The van der Waals surface area contributed by atoms with Crippen LogP contribution in [-0.2, 0) is 16.1 Å². The molecule has 0 unspecified atom stereocenters. The molecular weight excluding hydrogens is 296 g/mol. The molecule has 1 heterocycles. The second-order valence-corrected chi connectivity index (χ2v) is 5.09. The number of aryl methyl sites for hydroxylation is 1. The molecule has 0 saturated heterocycles. The molecule has 0 fully saturated rings. The molecule has 0 aliphatic carbocycles. The summed E-state index contributed by atoms with van der Waals surface area (Å²) in [5, 5.41) is 11.7. The third-order valence-electron chi connectivity index (χ3n) is 3.32. The lowest BCUT2D eigenvalue weighted by Crippen LogP contribution is -2.31. The van der Waals surface area contributed by atoms with Crippen molar-refractivity contribution < 1.29 is 19.4 Å². The average Bonchev–Trinajstić information content (AvgIpc) is 2.53. The highest BCUT2D eigenvalue weighted by Crippen LogP contribution is 2.20. The molecule has 0 aliphatic rings. The molecular formula is C17H18N2O4. The van der Waals surface area contributed by atoms with E-state index in [4.69, 9.17) is 9.84 Å². The molecule has 23 heavy (non-hydrogen) atoms. The Balaban J connectivity index is 2.01. The van der Waals surface area contributed by atoms with Gasteiger partial charge in [0, 0.05) is 12.4 Å². The van der Waals surface area contributed by atoms with Gasteiger partial charge in [-0.15, -0.1) is 0 Å². The van der Waals surface area contributed by atoms with Crippen LogP contribution in [0.5, 0.6) is 0 Å². The molecule has 2 rings (SSSR count). The number of carboxylic acid groups (broad SMARTS) is 1. The summed E-state index contributed by atoms with van der Waals surface area (Å²) in [6, 6.07) is 10.3. The van der Waals surface area contributed by atoms with Gasteiger partial charge in [0.05, 0.1) is 12.5 Å². The van der Waals surface area contributed by atoms with Gasteiger partial charge >= 0.3 is 12.1 Å². The zero-order valence-corrected chi connectivity index (χ0v) is 12.7. The first-order valence-electron chi connectivity index (χ1n) is 7.16. The number of carbonyl (C=O) groups is 2. The van der Waals surface area contributed by atoms with E-state index < -0.39 is 18.1 Å². The lowest BCUT2D eigenvalue weighted by atomic mass is 10.0. The molecule has 1 aromatic heterocycles. The van der Waals surface area contributed by atoms with E-state index in [2.05, 4.69) is 10.3 Å². The maximum Gasteiger partial charge on any atom is 0.407 e. The van der Waals surface area contributed by atoms with Crippen LogP contribution in [0.2, 0.25) is 0 Å². The highest BCUT2D eigenvalue weighted by molar-refractivity contribution is 5.72. The van der Waals surface area contributed by atoms with Crippen LogP contribution in [0.25, 0.3) is 0 Å². The lowest BCUT2D eigenvalue weighted by Gasteiger charge is -2.19. The summed E-state index contributed by atoms with van der Waals surface area (Å²) in [6.45, 7) is 1.94. The van der Waals surface area contributed by atoms with E-state index in [-0.39, 0.29) is 13.0 Å². The fraction of sp³-hybridized carbons (Fsp3) is 0.235. The van der Waals surface area contributed by atoms with Gasteiger partial charge in [-0.2, -0.15) is 0 Å². The number of aliphatic carboxylic acids is 1. The van der Waals surface area contributed by atoms with Crippen LogP contribution < -0.4 is 5.32 Å². The van der Waals surface area contributed by atoms with E-state index in [1.165, 1.54) is 0 Å². The number of hydrogen-bond donors (Lipinski definition) is 2. The number of alkyl carbamates (subject to hydrolysis) is 1. The first-order valence-corrected chi connectivity index (χ1v) is 7.16. The Kier molecular flexibility index (Phi) is 5.68. The van der Waals surface area contributed by atoms with Crippen molar-refractivity contribution in [3.63, 3.8) is 0 Å². The topological polar surface area (TPSA) is 88.5 Å². The maximum absolute atomic E-state index is 12.0. The zero-order chi connectivity index (χ0) is 16.7. The van der Waals surface area contributed by atoms with Gasteiger partial charge in [0.2, 0.25) is 0 Å². The summed E-state index contributed by atoms with van der Waals surface area (Å²) in [5.74, 6) is -1.01. The number of benzene rings is 1. The molecule has 2 N–H and O–H groups in total. The molecule has 0 spiro atoms. The maximum atomic E-state index is 12.0. The van der Waals surface area contributed by atoms with Crippen LogP contribution in [0.3, 0.4) is 0 Å². The van der Waals surface area contributed by atoms with Gasteiger partial charge in [0.15, 0.2) is 0 Å². The third-order valence-corrected chi connectivity index (χ3v) is 3.32. The van der Waals surface area contributed by atoms with E-state index in [0.717, 1.165) is 11.1 Å². The molecule has 1 aromatic carbocycles. The van der Waals surface area contributed by atoms with Gasteiger partial charge in [0.25, 0.3) is 0 Å². The van der Waals surface area contributed by atoms with Crippen molar-refractivity contribution in [2.45, 2.75) is 26.0 Å². The zero-order valence-electron chi connectivity index (χ0n) is 12.7. The van der Waals surface area contributed by atoms with Crippen molar-refractivity contribution in [3.05, 3.63) is 65.5 Å². The number of nitrogens with one attached hydrogen (secondary N) is 1. The van der Waals surface area contributed by atoms with Crippen molar-refractivity contribution in [1.82, 2.24) is 10.3 Å². The number of ether oxygens (including phenoxy) is 1. The molecule has 120 valence electrons. The second-order valence-electron chi connectivity index (χ2n) is 5.09. The Morgan fingerprint density at radius 3 is 2.65 bits per heavy atom. The molecule has 0 saturated carbocycles. The van der Waals surface area contributed by atoms with Crippen LogP contribution in [0.1, 0.15) is 29.2 Å². The van der Waals surface area contributed by atoms with Gasteiger partial charge in [0.1, 0.15) is 6.61 Å². The molecule has 0 radical (unpaired) electrons. The number of pyridine rings is 1. The van der Waals surface area contributed by atoms with E-state index in [1.807, 2.05) is 37.3 Å². The largest absolute Gasteiger partial charge is 0.481 e. The van der Waals surface area contributed by atoms with Crippen LogP contribution in [0.15, 0.2) is 48.8 Å². The predicted octanol–water partition coefficient (Wildman–Crippen LogP) is 2.83. The fourth-order valence-corrected chi connectivity index (χ4v) is 2.20. The molecule has 1 atom stereocenters. The van der Waals surface area contributed by atoms with E-state index in [0.29, 0.717) is 5.56 Å². The molecule has 0 bridgehead atoms. The van der Waals surface area contributed by atoms with Crippen LogP contribution in [0, 0.1) is 6.92 Å².